The number of nitrogens with one attached hydrogen (secondary N) is 1. The van der Waals surface area contributed by atoms with Crippen LogP contribution in [-0.4, -0.2) is 13.6 Å². The van der Waals surface area contributed by atoms with Gasteiger partial charge in [-0.2, -0.15) is 0 Å². The van der Waals surface area contributed by atoms with Crippen molar-refractivity contribution in [3.63, 3.8) is 0 Å². The third-order valence-electron chi connectivity index (χ3n) is 4.57. The van der Waals surface area contributed by atoms with Crippen LogP contribution in [0.4, 0.5) is 0 Å². The van der Waals surface area contributed by atoms with Gasteiger partial charge in [-0.1, -0.05) is 54.6 Å². The van der Waals surface area contributed by atoms with Crippen LogP contribution in [0.15, 0.2) is 54.6 Å². The van der Waals surface area contributed by atoms with Crippen LogP contribution < -0.4 is 5.32 Å². The largest absolute Gasteiger partial charge is 0.320 e. The molecule has 0 radical (unpaired) electrons. The first-order chi connectivity index (χ1) is 9.90. The lowest BCUT2D eigenvalue weighted by Crippen LogP contribution is -2.25. The van der Waals surface area contributed by atoms with Crippen molar-refractivity contribution in [1.29, 1.82) is 0 Å². The van der Waals surface area contributed by atoms with Gasteiger partial charge in [0.15, 0.2) is 0 Å². The van der Waals surface area contributed by atoms with Gasteiger partial charge in [-0.25, -0.2) is 0 Å². The second-order valence-corrected chi connectivity index (χ2v) is 5.78. The first-order valence-electron chi connectivity index (χ1n) is 7.67. The third kappa shape index (κ3) is 3.48. The molecule has 2 heteroatoms. The van der Waals surface area contributed by atoms with Crippen molar-refractivity contribution in [2.75, 3.05) is 13.6 Å². The summed E-state index contributed by atoms with van der Waals surface area (Å²) in [5, 5.41) is 3.31. The number of rotatable bonds is 4. The molecule has 1 aliphatic rings. The van der Waals surface area contributed by atoms with Gasteiger partial charge in [0.2, 0.25) is 0 Å². The third-order valence-corrected chi connectivity index (χ3v) is 4.57. The number of hydrogen-bond acceptors (Lipinski definition) is 1. The average Bonchev–Trinajstić information content (AvgIpc) is 2.53. The van der Waals surface area contributed by atoms with E-state index in [1.165, 1.54) is 24.8 Å². The minimum Gasteiger partial charge on any atom is -0.320 e. The highest BCUT2D eigenvalue weighted by Crippen LogP contribution is 2.42. The molecule has 2 aromatic carbocycles. The van der Waals surface area contributed by atoms with Crippen molar-refractivity contribution in [3.05, 3.63) is 71.3 Å². The highest BCUT2D eigenvalue weighted by atomic mass is 35.5. The minimum absolute atomic E-state index is 0. The molecule has 0 aliphatic heterocycles. The van der Waals surface area contributed by atoms with Crippen molar-refractivity contribution in [2.24, 2.45) is 5.92 Å². The topological polar surface area (TPSA) is 12.0 Å². The smallest absolute Gasteiger partial charge is 0.0121 e. The molecule has 0 saturated heterocycles. The van der Waals surface area contributed by atoms with E-state index in [9.17, 15) is 0 Å². The molecular formula is C19H24ClN. The van der Waals surface area contributed by atoms with Crippen LogP contribution >= 0.6 is 12.4 Å². The Balaban J connectivity index is 0.00000161. The van der Waals surface area contributed by atoms with Crippen LogP contribution in [0.3, 0.4) is 0 Å². The number of benzene rings is 2. The second-order valence-electron chi connectivity index (χ2n) is 5.78. The van der Waals surface area contributed by atoms with Crippen LogP contribution in [0.1, 0.15) is 35.4 Å². The molecule has 1 N–H and O–H groups in total. The molecule has 3 rings (SSSR count). The van der Waals surface area contributed by atoms with Crippen LogP contribution in [0.5, 0.6) is 0 Å². The summed E-state index contributed by atoms with van der Waals surface area (Å²) >= 11 is 0. The average molecular weight is 302 g/mol. The van der Waals surface area contributed by atoms with E-state index >= 15 is 0 Å². The maximum absolute atomic E-state index is 3.31. The van der Waals surface area contributed by atoms with E-state index in [0.717, 1.165) is 12.5 Å². The lowest BCUT2D eigenvalue weighted by molar-refractivity contribution is 0.379. The first kappa shape index (κ1) is 16.1. The molecule has 112 valence electrons. The molecule has 0 bridgehead atoms. The van der Waals surface area contributed by atoms with Gasteiger partial charge in [-0.05, 0) is 55.5 Å². The Morgan fingerprint density at radius 1 is 1.00 bits per heavy atom. The molecule has 21 heavy (non-hydrogen) atoms. The number of halogens is 1. The van der Waals surface area contributed by atoms with Gasteiger partial charge in [0.05, 0.1) is 0 Å². The molecule has 1 nitrogen and oxygen atoms in total. The van der Waals surface area contributed by atoms with E-state index in [-0.39, 0.29) is 12.4 Å². The standard InChI is InChI=1S/C19H23N.ClH/c1-20-14-13-17-12-11-15-7-5-6-10-18(15)19(17)16-8-3-2-4-9-16;/h2-10,17,19-20H,11-14H2,1H3;1H. The summed E-state index contributed by atoms with van der Waals surface area (Å²) in [6.07, 6.45) is 3.79. The zero-order chi connectivity index (χ0) is 13.8. The first-order valence-corrected chi connectivity index (χ1v) is 7.67. The summed E-state index contributed by atoms with van der Waals surface area (Å²) in [7, 11) is 2.05. The number of fused-ring (bicyclic) bond motifs is 1. The molecule has 2 atom stereocenters. The molecule has 2 aromatic rings. The van der Waals surface area contributed by atoms with E-state index in [1.807, 2.05) is 7.05 Å². The predicted octanol–water partition coefficient (Wildman–Crippen LogP) is 4.41. The van der Waals surface area contributed by atoms with Crippen molar-refractivity contribution >= 4 is 12.4 Å². The van der Waals surface area contributed by atoms with Gasteiger partial charge in [-0.15, -0.1) is 12.4 Å². The van der Waals surface area contributed by atoms with E-state index in [2.05, 4.69) is 59.9 Å². The highest BCUT2D eigenvalue weighted by molar-refractivity contribution is 5.85. The van der Waals surface area contributed by atoms with Crippen molar-refractivity contribution < 1.29 is 0 Å². The van der Waals surface area contributed by atoms with Crippen molar-refractivity contribution in [1.82, 2.24) is 5.32 Å². The molecule has 0 aromatic heterocycles. The zero-order valence-corrected chi connectivity index (χ0v) is 13.4. The van der Waals surface area contributed by atoms with Gasteiger partial charge in [0.1, 0.15) is 0 Å². The maximum Gasteiger partial charge on any atom is 0.0121 e. The fourth-order valence-electron chi connectivity index (χ4n) is 3.58. The maximum atomic E-state index is 3.31. The Hall–Kier alpha value is -1.31. The van der Waals surface area contributed by atoms with E-state index in [0.29, 0.717) is 5.92 Å². The molecule has 0 saturated carbocycles. The summed E-state index contributed by atoms with van der Waals surface area (Å²) in [4.78, 5) is 0. The summed E-state index contributed by atoms with van der Waals surface area (Å²) in [6.45, 7) is 1.11. The molecule has 0 fully saturated rings. The van der Waals surface area contributed by atoms with E-state index < -0.39 is 0 Å². The molecule has 0 heterocycles. The Kier molecular flexibility index (Phi) is 5.84. The Morgan fingerprint density at radius 2 is 1.71 bits per heavy atom. The summed E-state index contributed by atoms with van der Waals surface area (Å²) in [6, 6.07) is 20.0. The molecule has 2 unspecified atom stereocenters. The second kappa shape index (κ2) is 7.63. The zero-order valence-electron chi connectivity index (χ0n) is 12.6. The van der Waals surface area contributed by atoms with E-state index in [1.54, 1.807) is 11.1 Å². The van der Waals surface area contributed by atoms with Crippen molar-refractivity contribution in [3.8, 4) is 0 Å². The highest BCUT2D eigenvalue weighted by Gasteiger charge is 2.29. The minimum atomic E-state index is 0. The lowest BCUT2D eigenvalue weighted by Gasteiger charge is -2.34. The normalized spacial score (nSPS) is 20.4. The van der Waals surface area contributed by atoms with Gasteiger partial charge in [0.25, 0.3) is 0 Å². The Bertz CT molecular complexity index is 553. The fourth-order valence-corrected chi connectivity index (χ4v) is 3.58. The van der Waals surface area contributed by atoms with Crippen molar-refractivity contribution in [2.45, 2.75) is 25.2 Å². The SMILES string of the molecule is CNCCC1CCc2ccccc2C1c1ccccc1.Cl. The van der Waals surface area contributed by atoms with E-state index in [4.69, 9.17) is 0 Å². The summed E-state index contributed by atoms with van der Waals surface area (Å²) in [5.74, 6) is 1.31. The van der Waals surface area contributed by atoms with Crippen LogP contribution in [-0.2, 0) is 6.42 Å². The quantitative estimate of drug-likeness (QED) is 0.882. The molecule has 1 aliphatic carbocycles. The molecule has 0 amide bonds. The van der Waals surface area contributed by atoms with Crippen LogP contribution in [0, 0.1) is 5.92 Å². The lowest BCUT2D eigenvalue weighted by atomic mass is 9.70. The Morgan fingerprint density at radius 3 is 2.48 bits per heavy atom. The van der Waals surface area contributed by atoms with Gasteiger partial charge < -0.3 is 5.32 Å². The predicted molar refractivity (Wildman–Crippen MR) is 92.3 cm³/mol. The summed E-state index contributed by atoms with van der Waals surface area (Å²) in [5.41, 5.74) is 4.56. The van der Waals surface area contributed by atoms with Crippen LogP contribution in [0.25, 0.3) is 0 Å². The van der Waals surface area contributed by atoms with Crippen LogP contribution in [0.2, 0.25) is 0 Å². The molecular weight excluding hydrogens is 278 g/mol. The number of hydrogen-bond donors (Lipinski definition) is 1. The monoisotopic (exact) mass is 301 g/mol. The summed E-state index contributed by atoms with van der Waals surface area (Å²) < 4.78 is 0. The fraction of sp³-hybridized carbons (Fsp3) is 0.368. The van der Waals surface area contributed by atoms with Gasteiger partial charge >= 0.3 is 0 Å². The number of aryl methyl sites for hydroxylation is 1. The van der Waals surface area contributed by atoms with Gasteiger partial charge in [-0.3, -0.25) is 0 Å². The Labute approximate surface area is 134 Å². The molecule has 0 spiro atoms. The van der Waals surface area contributed by atoms with Gasteiger partial charge in [0, 0.05) is 5.92 Å².